The summed E-state index contributed by atoms with van der Waals surface area (Å²) in [6, 6.07) is -0.373. The maximum Gasteiger partial charge on any atom is 0.508 e. The van der Waals surface area contributed by atoms with Crippen LogP contribution in [0, 0.1) is 18.3 Å². The van der Waals surface area contributed by atoms with E-state index >= 15 is 0 Å². The fourth-order valence-corrected chi connectivity index (χ4v) is 4.96. The Balaban J connectivity index is 2.65. The Kier molecular flexibility index (Phi) is 7.07. The lowest BCUT2D eigenvalue weighted by atomic mass is 9.67. The van der Waals surface area contributed by atoms with Crippen molar-refractivity contribution in [2.45, 2.75) is 40.0 Å². The van der Waals surface area contributed by atoms with Crippen molar-refractivity contribution in [1.82, 2.24) is 10.2 Å². The van der Waals surface area contributed by atoms with Crippen LogP contribution in [-0.2, 0) is 24.1 Å². The van der Waals surface area contributed by atoms with Crippen LogP contribution in [0.25, 0.3) is 0 Å². The van der Waals surface area contributed by atoms with E-state index in [1.165, 1.54) is 20.8 Å². The Morgan fingerprint density at radius 3 is 2.44 bits per heavy atom. The van der Waals surface area contributed by atoms with Crippen LogP contribution in [0.1, 0.15) is 26.7 Å². The molecule has 0 saturated heterocycles. The van der Waals surface area contributed by atoms with E-state index < -0.39 is 56.0 Å². The first kappa shape index (κ1) is 25.4. The quantitative estimate of drug-likeness (QED) is 0.608. The number of aryl methyl sites for hydroxylation is 1. The third kappa shape index (κ3) is 4.95. The van der Waals surface area contributed by atoms with Gasteiger partial charge in [-0.2, -0.15) is 13.2 Å². The fraction of sp³-hybridized carbons (Fsp3) is 0.556. The molecular weight excluding hydrogens is 459 g/mol. The molecule has 0 aliphatic heterocycles. The fourth-order valence-electron chi connectivity index (χ4n) is 3.54. The molecule has 178 valence electrons. The van der Waals surface area contributed by atoms with Crippen LogP contribution in [0.3, 0.4) is 0 Å². The van der Waals surface area contributed by atoms with Gasteiger partial charge in [0.2, 0.25) is 11.8 Å². The van der Waals surface area contributed by atoms with Crippen LogP contribution in [-0.4, -0.2) is 55.8 Å². The first-order valence-corrected chi connectivity index (χ1v) is 11.2. The molecule has 14 heteroatoms. The van der Waals surface area contributed by atoms with Crippen molar-refractivity contribution in [1.29, 1.82) is 0 Å². The van der Waals surface area contributed by atoms with Gasteiger partial charge in [0.05, 0.1) is 17.1 Å². The monoisotopic (exact) mass is 481 g/mol. The molecule has 1 aliphatic carbocycles. The molecule has 3 unspecified atom stereocenters. The molecule has 1 aromatic rings. The molecule has 32 heavy (non-hydrogen) atoms. The topological polar surface area (TPSA) is 138 Å². The van der Waals surface area contributed by atoms with E-state index in [0.29, 0.717) is 12.3 Å². The SMILES string of the molecule is CCOC(=O)OC(C)C1(C(=O)Nc2nnc(C)o2)C=CC(C(F)(F)F)=C(S(C)(=O)=O)C1C. The summed E-state index contributed by atoms with van der Waals surface area (Å²) in [5.41, 5.74) is -3.52. The molecule has 0 spiro atoms. The Hall–Kier alpha value is -2.90. The lowest BCUT2D eigenvalue weighted by Crippen LogP contribution is -2.52. The predicted molar refractivity (Wildman–Crippen MR) is 104 cm³/mol. The number of carbonyl (C=O) groups is 2. The van der Waals surface area contributed by atoms with Crippen LogP contribution in [0.15, 0.2) is 27.0 Å². The van der Waals surface area contributed by atoms with E-state index in [1.54, 1.807) is 0 Å². The molecule has 10 nitrogen and oxygen atoms in total. The van der Waals surface area contributed by atoms with Gasteiger partial charge >= 0.3 is 18.3 Å². The molecule has 1 heterocycles. The molecule has 1 amide bonds. The van der Waals surface area contributed by atoms with Crippen molar-refractivity contribution in [2.75, 3.05) is 18.2 Å². The van der Waals surface area contributed by atoms with E-state index in [9.17, 15) is 31.2 Å². The third-order valence-electron chi connectivity index (χ3n) is 4.95. The summed E-state index contributed by atoms with van der Waals surface area (Å²) in [6.07, 6.45) is -5.71. The number of nitrogens with one attached hydrogen (secondary N) is 1. The van der Waals surface area contributed by atoms with Gasteiger partial charge in [-0.05, 0) is 13.8 Å². The van der Waals surface area contributed by atoms with Gasteiger partial charge in [0, 0.05) is 19.1 Å². The highest BCUT2D eigenvalue weighted by molar-refractivity contribution is 7.94. The molecular formula is C18H22F3N3O7S. The smallest absolute Gasteiger partial charge is 0.435 e. The van der Waals surface area contributed by atoms with Gasteiger partial charge in [-0.25, -0.2) is 13.2 Å². The van der Waals surface area contributed by atoms with Crippen LogP contribution in [0.2, 0.25) is 0 Å². The Morgan fingerprint density at radius 1 is 1.34 bits per heavy atom. The first-order valence-electron chi connectivity index (χ1n) is 9.30. The van der Waals surface area contributed by atoms with Gasteiger partial charge in [0.15, 0.2) is 9.84 Å². The summed E-state index contributed by atoms with van der Waals surface area (Å²) in [5.74, 6) is -2.54. The molecule has 0 aromatic carbocycles. The van der Waals surface area contributed by atoms with Gasteiger partial charge in [0.25, 0.3) is 0 Å². The van der Waals surface area contributed by atoms with Crippen molar-refractivity contribution < 1.29 is 45.1 Å². The van der Waals surface area contributed by atoms with Crippen LogP contribution < -0.4 is 5.32 Å². The first-order chi connectivity index (χ1) is 14.6. The number of anilines is 1. The number of sulfone groups is 1. The summed E-state index contributed by atoms with van der Waals surface area (Å²) in [6.45, 7) is 5.22. The van der Waals surface area contributed by atoms with E-state index in [0.717, 1.165) is 13.0 Å². The van der Waals surface area contributed by atoms with Gasteiger partial charge in [-0.1, -0.05) is 24.2 Å². The highest BCUT2D eigenvalue weighted by Crippen LogP contribution is 2.49. The van der Waals surface area contributed by atoms with Crippen molar-refractivity contribution in [3.05, 3.63) is 28.5 Å². The number of nitrogens with zero attached hydrogens (tertiary/aromatic N) is 2. The molecule has 1 aromatic heterocycles. The molecule has 0 radical (unpaired) electrons. The van der Waals surface area contributed by atoms with Gasteiger partial charge in [-0.3, -0.25) is 10.1 Å². The number of halogens is 3. The second-order valence-electron chi connectivity index (χ2n) is 7.06. The summed E-state index contributed by atoms with van der Waals surface area (Å²) in [7, 11) is -4.45. The second kappa shape index (κ2) is 8.92. The second-order valence-corrected chi connectivity index (χ2v) is 9.04. The van der Waals surface area contributed by atoms with Gasteiger partial charge < -0.3 is 13.9 Å². The Labute approximate surface area is 181 Å². The molecule has 1 aliphatic rings. The largest absolute Gasteiger partial charge is 0.508 e. The van der Waals surface area contributed by atoms with Gasteiger partial charge in [-0.15, -0.1) is 5.10 Å². The number of allylic oxidation sites excluding steroid dienone is 3. The highest BCUT2D eigenvalue weighted by Gasteiger charge is 2.56. The van der Waals surface area contributed by atoms with E-state index in [4.69, 9.17) is 9.15 Å². The Morgan fingerprint density at radius 2 is 1.97 bits per heavy atom. The van der Waals surface area contributed by atoms with Crippen LogP contribution in [0.5, 0.6) is 0 Å². The minimum Gasteiger partial charge on any atom is -0.435 e. The molecule has 3 atom stereocenters. The molecule has 2 rings (SSSR count). The van der Waals surface area contributed by atoms with E-state index in [1.807, 2.05) is 0 Å². The summed E-state index contributed by atoms with van der Waals surface area (Å²) in [5, 5.41) is 9.38. The Bertz CT molecular complexity index is 1060. The number of hydrogen-bond acceptors (Lipinski definition) is 9. The molecule has 1 N–H and O–H groups in total. The summed E-state index contributed by atoms with van der Waals surface area (Å²) >= 11 is 0. The van der Waals surface area contributed by atoms with Gasteiger partial charge in [0.1, 0.15) is 11.5 Å². The van der Waals surface area contributed by atoms with Crippen molar-refractivity contribution >= 4 is 27.9 Å². The van der Waals surface area contributed by atoms with Crippen molar-refractivity contribution in [3.8, 4) is 0 Å². The average molecular weight is 481 g/mol. The normalized spacial score (nSPS) is 22.4. The summed E-state index contributed by atoms with van der Waals surface area (Å²) in [4.78, 5) is 24.2. The van der Waals surface area contributed by atoms with Crippen molar-refractivity contribution in [2.24, 2.45) is 11.3 Å². The number of carbonyl (C=O) groups excluding carboxylic acids is 2. The zero-order valence-electron chi connectivity index (χ0n) is 17.8. The zero-order chi connectivity index (χ0) is 24.5. The number of hydrogen-bond donors (Lipinski definition) is 1. The van der Waals surface area contributed by atoms with Crippen molar-refractivity contribution in [3.63, 3.8) is 0 Å². The standard InChI is InChI=1S/C18H22F3N3O7S/c1-6-29-16(26)30-10(3)17(14(25)22-15-24-23-11(4)31-15)8-7-12(18(19,20)21)13(9(17)2)32(5,27)28/h7-10H,6H2,1-5H3,(H,22,24,25). The zero-order valence-corrected chi connectivity index (χ0v) is 18.6. The minimum absolute atomic E-state index is 0.0654. The molecule has 0 saturated carbocycles. The molecule has 0 fully saturated rings. The lowest BCUT2D eigenvalue weighted by Gasteiger charge is -2.42. The van der Waals surface area contributed by atoms with E-state index in [-0.39, 0.29) is 18.5 Å². The minimum atomic E-state index is -5.01. The number of rotatable bonds is 6. The lowest BCUT2D eigenvalue weighted by molar-refractivity contribution is -0.132. The van der Waals surface area contributed by atoms with E-state index in [2.05, 4.69) is 20.3 Å². The number of aromatic nitrogens is 2. The molecule has 0 bridgehead atoms. The third-order valence-corrected chi connectivity index (χ3v) is 6.33. The summed E-state index contributed by atoms with van der Waals surface area (Å²) < 4.78 is 80.4. The number of ether oxygens (including phenoxy) is 2. The maximum atomic E-state index is 13.6. The number of alkyl halides is 3. The highest BCUT2D eigenvalue weighted by atomic mass is 32.2. The van der Waals surface area contributed by atoms with Crippen LogP contribution in [0.4, 0.5) is 24.0 Å². The predicted octanol–water partition coefficient (Wildman–Crippen LogP) is 2.93. The van der Waals surface area contributed by atoms with Crippen LogP contribution >= 0.6 is 0 Å². The average Bonchev–Trinajstić information content (AvgIpc) is 3.04. The maximum absolute atomic E-state index is 13.6. The number of amides is 1.